The van der Waals surface area contributed by atoms with E-state index in [2.05, 4.69) is 15.2 Å². The minimum Gasteiger partial charge on any atom is -0.496 e. The van der Waals surface area contributed by atoms with Crippen LogP contribution in [0.25, 0.3) is 22.5 Å². The van der Waals surface area contributed by atoms with E-state index in [-0.39, 0.29) is 0 Å². The summed E-state index contributed by atoms with van der Waals surface area (Å²) in [6, 6.07) is 15.4. The van der Waals surface area contributed by atoms with E-state index in [1.54, 1.807) is 18.9 Å². The number of ether oxygens (including phenoxy) is 1. The van der Waals surface area contributed by atoms with Crippen LogP contribution >= 0.6 is 11.8 Å². The van der Waals surface area contributed by atoms with Gasteiger partial charge in [-0.1, -0.05) is 36.0 Å². The highest BCUT2D eigenvalue weighted by molar-refractivity contribution is 7.99. The first-order chi connectivity index (χ1) is 13.3. The normalized spacial score (nSPS) is 11.1. The van der Waals surface area contributed by atoms with Gasteiger partial charge in [0.25, 0.3) is 0 Å². The lowest BCUT2D eigenvalue weighted by molar-refractivity contribution is 0.416. The Hall–Kier alpha value is -3.00. The van der Waals surface area contributed by atoms with Crippen molar-refractivity contribution >= 4 is 22.9 Å². The highest BCUT2D eigenvalue weighted by atomic mass is 32.2. The maximum Gasteiger partial charge on any atom is 0.210 e. The highest BCUT2D eigenvalue weighted by Gasteiger charge is 2.15. The van der Waals surface area contributed by atoms with Crippen LogP contribution in [-0.4, -0.2) is 32.7 Å². The lowest BCUT2D eigenvalue weighted by atomic mass is 10.2. The van der Waals surface area contributed by atoms with Crippen molar-refractivity contribution in [3.05, 3.63) is 54.4 Å². The fourth-order valence-electron chi connectivity index (χ4n) is 2.80. The van der Waals surface area contributed by atoms with Crippen molar-refractivity contribution in [1.29, 1.82) is 0 Å². The SMILES string of the molecule is COc1ccccc1-c1nnc(SCCCc2nc3ccccc3o2)n1N. The van der Waals surface area contributed by atoms with E-state index in [0.717, 1.165) is 41.1 Å². The molecule has 0 aliphatic carbocycles. The Bertz CT molecular complexity index is 1030. The number of methoxy groups -OCH3 is 1. The predicted molar refractivity (Wildman–Crippen MR) is 105 cm³/mol. The van der Waals surface area contributed by atoms with E-state index in [4.69, 9.17) is 15.0 Å². The van der Waals surface area contributed by atoms with Gasteiger partial charge in [-0.25, -0.2) is 9.66 Å². The zero-order chi connectivity index (χ0) is 18.6. The van der Waals surface area contributed by atoms with Gasteiger partial charge in [-0.05, 0) is 30.7 Å². The molecular formula is C19H19N5O2S. The van der Waals surface area contributed by atoms with Crippen molar-refractivity contribution in [2.75, 3.05) is 18.7 Å². The fraction of sp³-hybridized carbons (Fsp3) is 0.211. The molecule has 0 fully saturated rings. The average molecular weight is 381 g/mol. The zero-order valence-corrected chi connectivity index (χ0v) is 15.6. The molecule has 4 rings (SSSR count). The Morgan fingerprint density at radius 3 is 2.78 bits per heavy atom. The van der Waals surface area contributed by atoms with E-state index in [1.165, 1.54) is 4.68 Å². The van der Waals surface area contributed by atoms with Gasteiger partial charge in [-0.3, -0.25) is 0 Å². The fourth-order valence-corrected chi connectivity index (χ4v) is 3.60. The standard InChI is InChI=1S/C19H19N5O2S/c1-25-15-9-4-2-7-13(15)18-22-23-19(24(18)20)27-12-6-11-17-21-14-8-3-5-10-16(14)26-17/h2-5,7-10H,6,11-12,20H2,1H3. The maximum atomic E-state index is 6.19. The summed E-state index contributed by atoms with van der Waals surface area (Å²) in [5.74, 6) is 9.06. The first-order valence-electron chi connectivity index (χ1n) is 8.57. The van der Waals surface area contributed by atoms with Crippen molar-refractivity contribution in [2.24, 2.45) is 0 Å². The number of rotatable bonds is 7. The molecule has 0 saturated heterocycles. The van der Waals surface area contributed by atoms with Gasteiger partial charge in [0.15, 0.2) is 17.3 Å². The minimum absolute atomic E-state index is 0.578. The number of aromatic nitrogens is 4. The lowest BCUT2D eigenvalue weighted by Gasteiger charge is -2.07. The molecule has 138 valence electrons. The van der Waals surface area contributed by atoms with Crippen LogP contribution in [0.1, 0.15) is 12.3 Å². The summed E-state index contributed by atoms with van der Waals surface area (Å²) >= 11 is 1.56. The second-order valence-electron chi connectivity index (χ2n) is 5.90. The summed E-state index contributed by atoms with van der Waals surface area (Å²) < 4.78 is 12.6. The molecule has 0 aliphatic rings. The van der Waals surface area contributed by atoms with Gasteiger partial charge < -0.3 is 15.0 Å². The summed E-state index contributed by atoms with van der Waals surface area (Å²) in [7, 11) is 1.62. The number of thioether (sulfide) groups is 1. The zero-order valence-electron chi connectivity index (χ0n) is 14.8. The number of hydrogen-bond donors (Lipinski definition) is 1. The van der Waals surface area contributed by atoms with Crippen molar-refractivity contribution in [3.8, 4) is 17.1 Å². The Morgan fingerprint density at radius 1 is 1.11 bits per heavy atom. The summed E-state index contributed by atoms with van der Waals surface area (Å²) in [6.07, 6.45) is 1.66. The second-order valence-corrected chi connectivity index (χ2v) is 6.97. The van der Waals surface area contributed by atoms with Gasteiger partial charge in [0.1, 0.15) is 11.3 Å². The summed E-state index contributed by atoms with van der Waals surface area (Å²) in [6.45, 7) is 0. The number of nitrogen functional groups attached to an aromatic ring is 1. The Balaban J connectivity index is 1.38. The summed E-state index contributed by atoms with van der Waals surface area (Å²) in [5, 5.41) is 9.08. The van der Waals surface area contributed by atoms with Crippen LogP contribution in [-0.2, 0) is 6.42 Å². The third-order valence-corrected chi connectivity index (χ3v) is 5.15. The molecule has 2 aromatic heterocycles. The van der Waals surface area contributed by atoms with Crippen molar-refractivity contribution in [2.45, 2.75) is 18.0 Å². The summed E-state index contributed by atoms with van der Waals surface area (Å²) in [5.41, 5.74) is 2.53. The molecule has 0 unspecified atom stereocenters. The van der Waals surface area contributed by atoms with Gasteiger partial charge in [-0.2, -0.15) is 0 Å². The Labute approximate surface area is 160 Å². The number of para-hydroxylation sites is 3. The summed E-state index contributed by atoms with van der Waals surface area (Å²) in [4.78, 5) is 4.49. The smallest absolute Gasteiger partial charge is 0.210 e. The number of oxazole rings is 1. The molecule has 2 heterocycles. The van der Waals surface area contributed by atoms with Crippen LogP contribution in [0.5, 0.6) is 5.75 Å². The van der Waals surface area contributed by atoms with Crippen LogP contribution < -0.4 is 10.6 Å². The van der Waals surface area contributed by atoms with E-state index in [0.29, 0.717) is 16.7 Å². The highest BCUT2D eigenvalue weighted by Crippen LogP contribution is 2.29. The first kappa shape index (κ1) is 17.4. The molecule has 0 atom stereocenters. The van der Waals surface area contributed by atoms with E-state index < -0.39 is 0 Å². The van der Waals surface area contributed by atoms with E-state index in [1.807, 2.05) is 48.5 Å². The number of hydrogen-bond acceptors (Lipinski definition) is 7. The number of nitrogens with two attached hydrogens (primary N) is 1. The molecule has 8 heteroatoms. The van der Waals surface area contributed by atoms with Gasteiger partial charge in [0.2, 0.25) is 5.16 Å². The molecule has 0 radical (unpaired) electrons. The third-order valence-electron chi connectivity index (χ3n) is 4.12. The molecular weight excluding hydrogens is 362 g/mol. The Morgan fingerprint density at radius 2 is 1.93 bits per heavy atom. The van der Waals surface area contributed by atoms with Crippen molar-refractivity contribution < 1.29 is 9.15 Å². The largest absolute Gasteiger partial charge is 0.496 e. The van der Waals surface area contributed by atoms with Gasteiger partial charge in [0.05, 0.1) is 12.7 Å². The van der Waals surface area contributed by atoms with Crippen molar-refractivity contribution in [3.63, 3.8) is 0 Å². The van der Waals surface area contributed by atoms with E-state index in [9.17, 15) is 0 Å². The van der Waals surface area contributed by atoms with Crippen LogP contribution in [0.3, 0.4) is 0 Å². The van der Waals surface area contributed by atoms with Crippen LogP contribution in [0, 0.1) is 0 Å². The molecule has 27 heavy (non-hydrogen) atoms. The second kappa shape index (κ2) is 7.71. The maximum absolute atomic E-state index is 6.19. The van der Waals surface area contributed by atoms with Gasteiger partial charge in [0, 0.05) is 12.2 Å². The van der Waals surface area contributed by atoms with Gasteiger partial charge >= 0.3 is 0 Å². The number of fused-ring (bicyclic) bond motifs is 1. The molecule has 0 spiro atoms. The average Bonchev–Trinajstić information content (AvgIpc) is 3.28. The Kier molecular flexibility index (Phi) is 4.97. The topological polar surface area (TPSA) is 92.0 Å². The number of benzene rings is 2. The van der Waals surface area contributed by atoms with Crippen molar-refractivity contribution in [1.82, 2.24) is 19.9 Å². The first-order valence-corrected chi connectivity index (χ1v) is 9.56. The predicted octanol–water partition coefficient (Wildman–Crippen LogP) is 3.53. The molecule has 0 saturated carbocycles. The van der Waals surface area contributed by atoms with Crippen LogP contribution in [0.15, 0.2) is 58.1 Å². The number of aryl methyl sites for hydroxylation is 1. The molecule has 4 aromatic rings. The lowest BCUT2D eigenvalue weighted by Crippen LogP contribution is -2.12. The van der Waals surface area contributed by atoms with Crippen LogP contribution in [0.4, 0.5) is 0 Å². The molecule has 2 N–H and O–H groups in total. The molecule has 0 aliphatic heterocycles. The van der Waals surface area contributed by atoms with Gasteiger partial charge in [-0.15, -0.1) is 10.2 Å². The monoisotopic (exact) mass is 381 g/mol. The molecule has 0 bridgehead atoms. The molecule has 2 aromatic carbocycles. The molecule has 7 nitrogen and oxygen atoms in total. The third kappa shape index (κ3) is 3.61. The van der Waals surface area contributed by atoms with Crippen LogP contribution in [0.2, 0.25) is 0 Å². The molecule has 0 amide bonds. The quantitative estimate of drug-likeness (QED) is 0.297. The van der Waals surface area contributed by atoms with E-state index >= 15 is 0 Å². The minimum atomic E-state index is 0.578. The number of nitrogens with zero attached hydrogens (tertiary/aromatic N) is 4.